The molecule has 0 aliphatic carbocycles. The molecule has 4 heteroatoms. The predicted molar refractivity (Wildman–Crippen MR) is 56.6 cm³/mol. The highest BCUT2D eigenvalue weighted by molar-refractivity contribution is 8.02. The van der Waals surface area contributed by atoms with Gasteiger partial charge in [0, 0.05) is 6.04 Å². The van der Waals surface area contributed by atoms with Gasteiger partial charge in [0.1, 0.15) is 0 Å². The molecule has 12 heavy (non-hydrogen) atoms. The van der Waals surface area contributed by atoms with Gasteiger partial charge < -0.3 is 0 Å². The minimum absolute atomic E-state index is 0.215. The highest BCUT2D eigenvalue weighted by atomic mass is 35.9. The molecule has 66 valence electrons. The van der Waals surface area contributed by atoms with E-state index in [4.69, 9.17) is 22.5 Å². The van der Waals surface area contributed by atoms with Crippen LogP contribution in [-0.2, 0) is 0 Å². The molecule has 1 N–H and O–H groups in total. The zero-order valence-electron chi connectivity index (χ0n) is 6.67. The molecule has 1 nitrogen and oxygen atoms in total. The molecule has 0 aliphatic rings. The second-order valence-corrected chi connectivity index (χ2v) is 5.77. The van der Waals surface area contributed by atoms with E-state index in [1.807, 2.05) is 37.3 Å². The van der Waals surface area contributed by atoms with Gasteiger partial charge in [-0.3, -0.25) is 5.09 Å². The maximum atomic E-state index is 5.64. The lowest BCUT2D eigenvalue weighted by Gasteiger charge is -2.13. The van der Waals surface area contributed by atoms with E-state index >= 15 is 0 Å². The van der Waals surface area contributed by atoms with Crippen LogP contribution >= 0.6 is 29.3 Å². The van der Waals surface area contributed by atoms with E-state index < -0.39 is 6.78 Å². The average molecular weight is 222 g/mol. The van der Waals surface area contributed by atoms with Crippen molar-refractivity contribution >= 4 is 29.3 Å². The molecule has 0 fully saturated rings. The molecule has 0 radical (unpaired) electrons. The summed E-state index contributed by atoms with van der Waals surface area (Å²) in [5, 5.41) is 3.05. The fraction of sp³-hybridized carbons (Fsp3) is 0.250. The largest absolute Gasteiger partial charge is 0.264 e. The van der Waals surface area contributed by atoms with Crippen LogP contribution < -0.4 is 5.09 Å². The van der Waals surface area contributed by atoms with Crippen molar-refractivity contribution in [3.8, 4) is 0 Å². The van der Waals surface area contributed by atoms with Crippen molar-refractivity contribution in [1.82, 2.24) is 5.09 Å². The topological polar surface area (TPSA) is 12.0 Å². The minimum Gasteiger partial charge on any atom is -0.264 e. The van der Waals surface area contributed by atoms with Crippen LogP contribution in [0.4, 0.5) is 0 Å². The maximum Gasteiger partial charge on any atom is 0.157 e. The summed E-state index contributed by atoms with van der Waals surface area (Å²) in [4.78, 5) is 0. The Kier molecular flexibility index (Phi) is 4.31. The molecular weight excluding hydrogens is 212 g/mol. The molecule has 0 amide bonds. The van der Waals surface area contributed by atoms with E-state index in [9.17, 15) is 0 Å². The van der Waals surface area contributed by atoms with Crippen LogP contribution in [-0.4, -0.2) is 0 Å². The third kappa shape index (κ3) is 3.28. The average Bonchev–Trinajstić information content (AvgIpc) is 2.05. The van der Waals surface area contributed by atoms with Gasteiger partial charge >= 0.3 is 0 Å². The molecule has 0 heterocycles. The lowest BCUT2D eigenvalue weighted by molar-refractivity contribution is 0.752. The lowest BCUT2D eigenvalue weighted by Crippen LogP contribution is -2.08. The fourth-order valence-electron chi connectivity index (χ4n) is 0.963. The smallest absolute Gasteiger partial charge is 0.157 e. The summed E-state index contributed by atoms with van der Waals surface area (Å²) >= 11 is 11.3. The molecule has 0 aliphatic heterocycles. The summed E-state index contributed by atoms with van der Waals surface area (Å²) < 4.78 is 0. The van der Waals surface area contributed by atoms with E-state index in [-0.39, 0.29) is 6.04 Å². The van der Waals surface area contributed by atoms with Crippen molar-refractivity contribution in [1.29, 1.82) is 0 Å². The van der Waals surface area contributed by atoms with Gasteiger partial charge in [0.2, 0.25) is 0 Å². The Morgan fingerprint density at radius 1 is 1.25 bits per heavy atom. The number of rotatable bonds is 3. The summed E-state index contributed by atoms with van der Waals surface area (Å²) in [6.07, 6.45) is 0. The normalized spacial score (nSPS) is 13.3. The molecule has 1 atom stereocenters. The van der Waals surface area contributed by atoms with Gasteiger partial charge in [-0.1, -0.05) is 52.8 Å². The number of benzene rings is 1. The van der Waals surface area contributed by atoms with Gasteiger partial charge in [-0.05, 0) is 12.5 Å². The van der Waals surface area contributed by atoms with Crippen LogP contribution in [0.3, 0.4) is 0 Å². The monoisotopic (exact) mass is 221 g/mol. The first-order valence-corrected chi connectivity index (χ1v) is 6.78. The Balaban J connectivity index is 2.59. The zero-order chi connectivity index (χ0) is 8.97. The highest BCUT2D eigenvalue weighted by Crippen LogP contribution is 2.44. The van der Waals surface area contributed by atoms with E-state index in [2.05, 4.69) is 5.09 Å². The van der Waals surface area contributed by atoms with Gasteiger partial charge in [-0.25, -0.2) is 0 Å². The Morgan fingerprint density at radius 3 is 2.33 bits per heavy atom. The van der Waals surface area contributed by atoms with Gasteiger partial charge in [0.05, 0.1) is 0 Å². The zero-order valence-corrected chi connectivity index (χ0v) is 9.07. The second kappa shape index (κ2) is 5.04. The van der Waals surface area contributed by atoms with Crippen molar-refractivity contribution in [2.45, 2.75) is 13.0 Å². The van der Waals surface area contributed by atoms with Crippen LogP contribution in [0.15, 0.2) is 30.3 Å². The molecule has 0 saturated carbocycles. The minimum atomic E-state index is -1.07. The summed E-state index contributed by atoms with van der Waals surface area (Å²) in [7, 11) is 0. The van der Waals surface area contributed by atoms with Crippen molar-refractivity contribution in [2.75, 3.05) is 0 Å². The second-order valence-electron chi connectivity index (χ2n) is 2.49. The molecule has 1 rings (SSSR count). The Morgan fingerprint density at radius 2 is 1.83 bits per heavy atom. The van der Waals surface area contributed by atoms with Crippen LogP contribution in [0.5, 0.6) is 0 Å². The summed E-state index contributed by atoms with van der Waals surface area (Å²) in [6.45, 7) is 0.968. The quantitative estimate of drug-likeness (QED) is 0.761. The molecular formula is C8H10Cl2NP. The van der Waals surface area contributed by atoms with Gasteiger partial charge in [-0.15, -0.1) is 0 Å². The Bertz CT molecular complexity index is 228. The maximum absolute atomic E-state index is 5.64. The summed E-state index contributed by atoms with van der Waals surface area (Å²) in [5.74, 6) is 0. The van der Waals surface area contributed by atoms with E-state index in [1.165, 1.54) is 5.56 Å². The highest BCUT2D eigenvalue weighted by Gasteiger charge is 2.07. The van der Waals surface area contributed by atoms with Crippen molar-refractivity contribution in [3.05, 3.63) is 35.9 Å². The summed E-state index contributed by atoms with van der Waals surface area (Å²) in [6, 6.07) is 10.3. The number of hydrogen-bond acceptors (Lipinski definition) is 1. The van der Waals surface area contributed by atoms with Crippen LogP contribution in [0.1, 0.15) is 18.5 Å². The predicted octanol–water partition coefficient (Wildman–Crippen LogP) is 4.04. The first-order chi connectivity index (χ1) is 5.70. The van der Waals surface area contributed by atoms with Gasteiger partial charge in [0.25, 0.3) is 0 Å². The molecule has 0 saturated heterocycles. The molecule has 1 aromatic rings. The molecule has 0 aromatic heterocycles. The number of hydrogen-bond donors (Lipinski definition) is 1. The van der Waals surface area contributed by atoms with Crippen LogP contribution in [0, 0.1) is 0 Å². The third-order valence-electron chi connectivity index (χ3n) is 1.59. The first-order valence-electron chi connectivity index (χ1n) is 3.63. The lowest BCUT2D eigenvalue weighted by atomic mass is 10.1. The third-order valence-corrected chi connectivity index (χ3v) is 2.76. The van der Waals surface area contributed by atoms with Crippen LogP contribution in [0.2, 0.25) is 0 Å². The molecule has 0 spiro atoms. The summed E-state index contributed by atoms with van der Waals surface area (Å²) in [5.41, 5.74) is 1.20. The SMILES string of the molecule is C[C@H](NP(Cl)Cl)c1ccccc1. The van der Waals surface area contributed by atoms with E-state index in [1.54, 1.807) is 0 Å². The molecule has 0 unspecified atom stereocenters. The van der Waals surface area contributed by atoms with Crippen molar-refractivity contribution in [2.24, 2.45) is 0 Å². The van der Waals surface area contributed by atoms with Gasteiger partial charge in [0.15, 0.2) is 6.78 Å². The molecule has 0 bridgehead atoms. The van der Waals surface area contributed by atoms with Crippen LogP contribution in [0.25, 0.3) is 0 Å². The van der Waals surface area contributed by atoms with E-state index in [0.29, 0.717) is 0 Å². The Labute approximate surface area is 83.5 Å². The molecule has 1 aromatic carbocycles. The standard InChI is InChI=1S/C8H10Cl2NP/c1-7(11-12(9)10)8-5-3-2-4-6-8/h2-7,11H,1H3/t7-/m0/s1. The first kappa shape index (κ1) is 10.3. The van der Waals surface area contributed by atoms with Crippen molar-refractivity contribution < 1.29 is 0 Å². The van der Waals surface area contributed by atoms with Crippen molar-refractivity contribution in [3.63, 3.8) is 0 Å². The Hall–Kier alpha value is 0.190. The van der Waals surface area contributed by atoms with E-state index in [0.717, 1.165) is 0 Å². The fourth-order valence-corrected chi connectivity index (χ4v) is 2.28. The number of nitrogens with one attached hydrogen (secondary N) is 1. The number of halogens is 2. The van der Waals surface area contributed by atoms with Gasteiger partial charge in [-0.2, -0.15) is 0 Å².